The fraction of sp³-hybridized carbons (Fsp3) is 0.750. The first-order valence-corrected chi connectivity index (χ1v) is 10.7. The molecule has 0 aliphatic heterocycles. The number of thiophene rings is 1. The largest absolute Gasteiger partial charge is 0.309 e. The molecule has 1 saturated carbocycles. The Balaban J connectivity index is 2.18. The molecule has 0 bridgehead atoms. The number of sulfone groups is 1. The summed E-state index contributed by atoms with van der Waals surface area (Å²) >= 11 is 1.80. The van der Waals surface area contributed by atoms with Crippen LogP contribution in [0.1, 0.15) is 55.5 Å². The fourth-order valence-corrected chi connectivity index (χ4v) is 5.64. The first-order valence-electron chi connectivity index (χ1n) is 7.89. The van der Waals surface area contributed by atoms with E-state index in [9.17, 15) is 8.42 Å². The number of rotatable bonds is 6. The summed E-state index contributed by atoms with van der Waals surface area (Å²) in [5, 5.41) is 5.66. The fourth-order valence-electron chi connectivity index (χ4n) is 3.35. The van der Waals surface area contributed by atoms with E-state index >= 15 is 0 Å². The lowest BCUT2D eigenvalue weighted by Crippen LogP contribution is -2.35. The van der Waals surface area contributed by atoms with Gasteiger partial charge in [0.25, 0.3) is 0 Å². The van der Waals surface area contributed by atoms with Crippen LogP contribution in [0.25, 0.3) is 0 Å². The van der Waals surface area contributed by atoms with Crippen LogP contribution in [0.4, 0.5) is 0 Å². The van der Waals surface area contributed by atoms with Crippen molar-refractivity contribution in [3.05, 3.63) is 21.9 Å². The van der Waals surface area contributed by atoms with E-state index in [2.05, 4.69) is 30.6 Å². The van der Waals surface area contributed by atoms with E-state index in [0.29, 0.717) is 12.0 Å². The lowest BCUT2D eigenvalue weighted by Gasteiger charge is -2.34. The molecule has 0 saturated heterocycles. The second-order valence-corrected chi connectivity index (χ2v) is 9.55. The van der Waals surface area contributed by atoms with E-state index in [-0.39, 0.29) is 5.25 Å². The van der Waals surface area contributed by atoms with Crippen molar-refractivity contribution >= 4 is 21.2 Å². The molecule has 1 heterocycles. The summed E-state index contributed by atoms with van der Waals surface area (Å²) in [6.45, 7) is 5.32. The molecular weight excluding hydrogens is 302 g/mol. The van der Waals surface area contributed by atoms with Gasteiger partial charge < -0.3 is 5.32 Å². The molecule has 1 N–H and O–H groups in total. The van der Waals surface area contributed by atoms with Crippen LogP contribution in [0.3, 0.4) is 0 Å². The van der Waals surface area contributed by atoms with Gasteiger partial charge in [-0.2, -0.15) is 0 Å². The van der Waals surface area contributed by atoms with E-state index < -0.39 is 9.84 Å². The minimum Gasteiger partial charge on any atom is -0.309 e. The topological polar surface area (TPSA) is 46.2 Å². The van der Waals surface area contributed by atoms with Gasteiger partial charge in [-0.25, -0.2) is 8.42 Å². The Hall–Kier alpha value is -0.390. The van der Waals surface area contributed by atoms with E-state index in [0.717, 1.165) is 38.6 Å². The minimum atomic E-state index is -2.92. The Morgan fingerprint density at radius 3 is 2.76 bits per heavy atom. The number of hydrogen-bond acceptors (Lipinski definition) is 4. The molecule has 5 heteroatoms. The molecule has 21 heavy (non-hydrogen) atoms. The van der Waals surface area contributed by atoms with Gasteiger partial charge in [0.05, 0.1) is 5.25 Å². The summed E-state index contributed by atoms with van der Waals surface area (Å²) in [6.07, 6.45) is 6.28. The third-order valence-electron chi connectivity index (χ3n) is 4.54. The standard InChI is InChI=1S/C16H27NO2S2/c1-4-9-17-15(16-12(2)8-10-20-16)13-6-5-7-14(11-13)21(3,18)19/h8,10,13-15,17H,4-7,9,11H2,1-3H3. The summed E-state index contributed by atoms with van der Waals surface area (Å²) in [7, 11) is -2.92. The van der Waals surface area contributed by atoms with Crippen molar-refractivity contribution in [2.45, 2.75) is 57.2 Å². The lowest BCUT2D eigenvalue weighted by molar-refractivity contribution is 0.275. The number of nitrogens with one attached hydrogen (secondary N) is 1. The third-order valence-corrected chi connectivity index (χ3v) is 7.28. The van der Waals surface area contributed by atoms with E-state index in [1.807, 2.05) is 0 Å². The quantitative estimate of drug-likeness (QED) is 0.865. The van der Waals surface area contributed by atoms with Crippen molar-refractivity contribution in [1.29, 1.82) is 0 Å². The van der Waals surface area contributed by atoms with Gasteiger partial charge in [0, 0.05) is 17.2 Å². The molecule has 0 spiro atoms. The second kappa shape index (κ2) is 7.25. The monoisotopic (exact) mass is 329 g/mol. The Bertz CT molecular complexity index is 550. The average Bonchev–Trinajstić information content (AvgIpc) is 2.85. The molecule has 1 fully saturated rings. The highest BCUT2D eigenvalue weighted by Gasteiger charge is 2.34. The molecule has 1 aromatic heterocycles. The van der Waals surface area contributed by atoms with E-state index in [4.69, 9.17) is 0 Å². The molecule has 3 unspecified atom stereocenters. The first-order chi connectivity index (χ1) is 9.93. The number of aryl methyl sites for hydroxylation is 1. The van der Waals surface area contributed by atoms with Gasteiger partial charge in [-0.1, -0.05) is 13.3 Å². The predicted molar refractivity (Wildman–Crippen MR) is 90.7 cm³/mol. The molecule has 120 valence electrons. The highest BCUT2D eigenvalue weighted by Crippen LogP contribution is 2.39. The van der Waals surface area contributed by atoms with Crippen molar-refractivity contribution in [3.63, 3.8) is 0 Å². The first kappa shape index (κ1) is 17.0. The van der Waals surface area contributed by atoms with Gasteiger partial charge in [-0.05, 0) is 62.1 Å². The summed E-state index contributed by atoms with van der Waals surface area (Å²) < 4.78 is 23.8. The summed E-state index contributed by atoms with van der Waals surface area (Å²) in [4.78, 5) is 1.39. The summed E-state index contributed by atoms with van der Waals surface area (Å²) in [5.74, 6) is 0.433. The summed E-state index contributed by atoms with van der Waals surface area (Å²) in [6, 6.07) is 2.48. The maximum atomic E-state index is 11.9. The minimum absolute atomic E-state index is 0.151. The highest BCUT2D eigenvalue weighted by atomic mass is 32.2. The predicted octanol–water partition coefficient (Wildman–Crippen LogP) is 3.70. The van der Waals surface area contributed by atoms with Crippen molar-refractivity contribution in [2.24, 2.45) is 5.92 Å². The average molecular weight is 330 g/mol. The van der Waals surface area contributed by atoms with Crippen molar-refractivity contribution in [2.75, 3.05) is 12.8 Å². The van der Waals surface area contributed by atoms with E-state index in [1.165, 1.54) is 16.7 Å². The second-order valence-electron chi connectivity index (χ2n) is 6.28. The summed E-state index contributed by atoms with van der Waals surface area (Å²) in [5.41, 5.74) is 1.33. The Kier molecular flexibility index (Phi) is 5.86. The molecule has 3 atom stereocenters. The maximum absolute atomic E-state index is 11.9. The molecule has 1 aliphatic rings. The zero-order valence-electron chi connectivity index (χ0n) is 13.3. The van der Waals surface area contributed by atoms with Crippen molar-refractivity contribution < 1.29 is 8.42 Å². The van der Waals surface area contributed by atoms with Crippen molar-refractivity contribution in [3.8, 4) is 0 Å². The molecule has 0 aromatic carbocycles. The SMILES string of the molecule is CCCNC(c1sccc1C)C1CCCC(S(C)(=O)=O)C1. The van der Waals surface area contributed by atoms with Crippen LogP contribution in [-0.4, -0.2) is 26.5 Å². The van der Waals surface area contributed by atoms with Gasteiger partial charge >= 0.3 is 0 Å². The zero-order valence-corrected chi connectivity index (χ0v) is 14.9. The van der Waals surface area contributed by atoms with Crippen LogP contribution in [0.2, 0.25) is 0 Å². The normalized spacial score (nSPS) is 24.9. The zero-order chi connectivity index (χ0) is 15.5. The maximum Gasteiger partial charge on any atom is 0.150 e. The Morgan fingerprint density at radius 1 is 1.43 bits per heavy atom. The van der Waals surface area contributed by atoms with Gasteiger partial charge in [0.15, 0.2) is 0 Å². The number of hydrogen-bond donors (Lipinski definition) is 1. The van der Waals surface area contributed by atoms with Gasteiger partial charge in [0.2, 0.25) is 0 Å². The lowest BCUT2D eigenvalue weighted by atomic mass is 9.82. The molecule has 0 amide bonds. The highest BCUT2D eigenvalue weighted by molar-refractivity contribution is 7.91. The molecule has 1 aromatic rings. The third kappa shape index (κ3) is 4.30. The van der Waals surface area contributed by atoms with Crippen LogP contribution in [-0.2, 0) is 9.84 Å². The Morgan fingerprint density at radius 2 is 2.19 bits per heavy atom. The van der Waals surface area contributed by atoms with E-state index in [1.54, 1.807) is 11.3 Å². The molecule has 2 rings (SSSR count). The van der Waals surface area contributed by atoms with Crippen LogP contribution in [0.15, 0.2) is 11.4 Å². The van der Waals surface area contributed by atoms with Crippen LogP contribution < -0.4 is 5.32 Å². The molecular formula is C16H27NO2S2. The van der Waals surface area contributed by atoms with Crippen LogP contribution in [0.5, 0.6) is 0 Å². The van der Waals surface area contributed by atoms with Crippen LogP contribution in [0, 0.1) is 12.8 Å². The molecule has 1 aliphatic carbocycles. The van der Waals surface area contributed by atoms with Crippen LogP contribution >= 0.6 is 11.3 Å². The molecule has 0 radical (unpaired) electrons. The van der Waals surface area contributed by atoms with Crippen molar-refractivity contribution in [1.82, 2.24) is 5.32 Å². The smallest absolute Gasteiger partial charge is 0.150 e. The van der Waals surface area contributed by atoms with Gasteiger partial charge in [0.1, 0.15) is 9.84 Å². The van der Waals surface area contributed by atoms with Gasteiger partial charge in [-0.3, -0.25) is 0 Å². The Labute approximate surface area is 133 Å². The van der Waals surface area contributed by atoms with Gasteiger partial charge in [-0.15, -0.1) is 11.3 Å². The molecule has 3 nitrogen and oxygen atoms in total.